The SMILES string of the molecule is CCNCc1ccc(OCCCN2C(=S)N(c3ccc(C#N)c(C)c3)C(=O)C2(C)C)cc1. The Kier molecular flexibility index (Phi) is 7.49. The molecular weight excluding hydrogens is 420 g/mol. The monoisotopic (exact) mass is 450 g/mol. The van der Waals surface area contributed by atoms with Gasteiger partial charge in [-0.15, -0.1) is 0 Å². The molecule has 0 saturated carbocycles. The molecule has 1 aliphatic heterocycles. The third kappa shape index (κ3) is 4.93. The average molecular weight is 451 g/mol. The molecule has 0 atom stereocenters. The standard InChI is InChI=1S/C25H30N4O2S/c1-5-27-17-19-7-11-22(12-8-19)31-14-6-13-28-24(32)29(23(30)25(28,3)4)21-10-9-20(16-26)18(2)15-21/h7-12,15,27H,5-6,13-14,17H2,1-4H3. The molecule has 1 amide bonds. The van der Waals surface area contributed by atoms with Crippen molar-refractivity contribution < 1.29 is 9.53 Å². The third-order valence-corrected chi connectivity index (χ3v) is 6.11. The molecule has 1 aliphatic rings. The molecule has 0 aliphatic carbocycles. The molecule has 1 fully saturated rings. The molecular formula is C25H30N4O2S. The molecule has 2 aromatic rings. The summed E-state index contributed by atoms with van der Waals surface area (Å²) in [7, 11) is 0. The minimum atomic E-state index is -0.743. The molecule has 0 aromatic heterocycles. The Morgan fingerprint density at radius 2 is 1.91 bits per heavy atom. The molecule has 0 radical (unpaired) electrons. The van der Waals surface area contributed by atoms with Crippen molar-refractivity contribution in [3.63, 3.8) is 0 Å². The van der Waals surface area contributed by atoms with Gasteiger partial charge in [-0.1, -0.05) is 19.1 Å². The van der Waals surface area contributed by atoms with Gasteiger partial charge in [0.2, 0.25) is 0 Å². The van der Waals surface area contributed by atoms with Crippen molar-refractivity contribution in [1.29, 1.82) is 5.26 Å². The summed E-state index contributed by atoms with van der Waals surface area (Å²) in [5, 5.41) is 13.0. The van der Waals surface area contributed by atoms with Crippen LogP contribution in [-0.4, -0.2) is 41.2 Å². The summed E-state index contributed by atoms with van der Waals surface area (Å²) in [6.07, 6.45) is 0.732. The number of amides is 1. The van der Waals surface area contributed by atoms with Gasteiger partial charge in [-0.3, -0.25) is 9.69 Å². The summed E-state index contributed by atoms with van der Waals surface area (Å²) in [6, 6.07) is 15.6. The van der Waals surface area contributed by atoms with Crippen LogP contribution in [0.5, 0.6) is 5.75 Å². The zero-order valence-corrected chi connectivity index (χ0v) is 20.0. The molecule has 1 N–H and O–H groups in total. The van der Waals surface area contributed by atoms with Crippen molar-refractivity contribution in [2.45, 2.75) is 46.2 Å². The van der Waals surface area contributed by atoms with Gasteiger partial charge in [-0.2, -0.15) is 5.26 Å². The van der Waals surface area contributed by atoms with Crippen LogP contribution in [-0.2, 0) is 11.3 Å². The fourth-order valence-electron chi connectivity index (χ4n) is 3.74. The Morgan fingerprint density at radius 1 is 1.19 bits per heavy atom. The molecule has 0 spiro atoms. The number of hydrogen-bond acceptors (Lipinski definition) is 5. The molecule has 1 saturated heterocycles. The number of nitrogens with one attached hydrogen (secondary N) is 1. The highest BCUT2D eigenvalue weighted by molar-refractivity contribution is 7.80. The van der Waals surface area contributed by atoms with E-state index >= 15 is 0 Å². The van der Waals surface area contributed by atoms with Crippen LogP contribution in [0.15, 0.2) is 42.5 Å². The first-order valence-corrected chi connectivity index (χ1v) is 11.3. The topological polar surface area (TPSA) is 68.6 Å². The zero-order valence-electron chi connectivity index (χ0n) is 19.1. The number of benzene rings is 2. The van der Waals surface area contributed by atoms with E-state index in [0.717, 1.165) is 30.8 Å². The first-order valence-electron chi connectivity index (χ1n) is 10.9. The number of anilines is 1. The van der Waals surface area contributed by atoms with E-state index in [4.69, 9.17) is 17.0 Å². The van der Waals surface area contributed by atoms with Gasteiger partial charge in [0.05, 0.1) is 23.9 Å². The van der Waals surface area contributed by atoms with Crippen LogP contribution in [0.25, 0.3) is 0 Å². The fourth-order valence-corrected chi connectivity index (χ4v) is 4.24. The molecule has 6 nitrogen and oxygen atoms in total. The van der Waals surface area contributed by atoms with Crippen molar-refractivity contribution in [1.82, 2.24) is 10.2 Å². The lowest BCUT2D eigenvalue weighted by Gasteiger charge is -2.29. The first kappa shape index (κ1) is 23.7. The maximum absolute atomic E-state index is 13.2. The number of nitrogens with zero attached hydrogens (tertiary/aromatic N) is 3. The van der Waals surface area contributed by atoms with E-state index in [1.807, 2.05) is 43.9 Å². The molecule has 168 valence electrons. The Hall–Kier alpha value is -2.95. The van der Waals surface area contributed by atoms with Crippen LogP contribution in [0.1, 0.15) is 43.9 Å². The minimum Gasteiger partial charge on any atom is -0.494 e. The Balaban J connectivity index is 1.60. The average Bonchev–Trinajstić information content (AvgIpc) is 2.94. The van der Waals surface area contributed by atoms with Crippen molar-refractivity contribution in [2.75, 3.05) is 24.6 Å². The number of hydrogen-bond donors (Lipinski definition) is 1. The molecule has 0 bridgehead atoms. The quantitative estimate of drug-likeness (QED) is 0.457. The van der Waals surface area contributed by atoms with Gasteiger partial charge in [-0.05, 0) is 87.4 Å². The van der Waals surface area contributed by atoms with Crippen LogP contribution < -0.4 is 15.0 Å². The summed E-state index contributed by atoms with van der Waals surface area (Å²) in [5.74, 6) is 0.767. The summed E-state index contributed by atoms with van der Waals surface area (Å²) >= 11 is 5.69. The van der Waals surface area contributed by atoms with Gasteiger partial charge in [0, 0.05) is 13.1 Å². The van der Waals surface area contributed by atoms with E-state index in [2.05, 4.69) is 30.4 Å². The molecule has 32 heavy (non-hydrogen) atoms. The second-order valence-electron chi connectivity index (χ2n) is 8.37. The van der Waals surface area contributed by atoms with E-state index in [1.54, 1.807) is 17.0 Å². The molecule has 1 heterocycles. The van der Waals surface area contributed by atoms with E-state index in [1.165, 1.54) is 5.56 Å². The van der Waals surface area contributed by atoms with E-state index in [-0.39, 0.29) is 5.91 Å². The van der Waals surface area contributed by atoms with Gasteiger partial charge in [0.15, 0.2) is 5.11 Å². The fraction of sp³-hybridized carbons (Fsp3) is 0.400. The maximum Gasteiger partial charge on any atom is 0.258 e. The minimum absolute atomic E-state index is 0.0659. The number of rotatable bonds is 9. The smallest absolute Gasteiger partial charge is 0.258 e. The second-order valence-corrected chi connectivity index (χ2v) is 8.74. The van der Waals surface area contributed by atoms with Crippen LogP contribution in [0.4, 0.5) is 5.69 Å². The largest absolute Gasteiger partial charge is 0.494 e. The highest BCUT2D eigenvalue weighted by Gasteiger charge is 2.49. The van der Waals surface area contributed by atoms with Crippen LogP contribution in [0, 0.1) is 18.3 Å². The maximum atomic E-state index is 13.2. The van der Waals surface area contributed by atoms with E-state index < -0.39 is 5.54 Å². The van der Waals surface area contributed by atoms with Gasteiger partial charge < -0.3 is 15.0 Å². The first-order chi connectivity index (χ1) is 15.3. The predicted molar refractivity (Wildman–Crippen MR) is 131 cm³/mol. The Morgan fingerprint density at radius 3 is 2.53 bits per heavy atom. The number of ether oxygens (including phenoxy) is 1. The van der Waals surface area contributed by atoms with Gasteiger partial charge in [0.25, 0.3) is 5.91 Å². The summed E-state index contributed by atoms with van der Waals surface area (Å²) in [4.78, 5) is 16.7. The molecule has 0 unspecified atom stereocenters. The lowest BCUT2D eigenvalue weighted by molar-refractivity contribution is -0.123. The van der Waals surface area contributed by atoms with E-state index in [9.17, 15) is 10.1 Å². The number of carbonyl (C=O) groups excluding carboxylic acids is 1. The normalized spacial score (nSPS) is 15.2. The van der Waals surface area contributed by atoms with Gasteiger partial charge >= 0.3 is 0 Å². The van der Waals surface area contributed by atoms with Crippen molar-refractivity contribution in [2.24, 2.45) is 0 Å². The predicted octanol–water partition coefficient (Wildman–Crippen LogP) is 4.16. The van der Waals surface area contributed by atoms with Crippen LogP contribution in [0.3, 0.4) is 0 Å². The molecule has 7 heteroatoms. The van der Waals surface area contributed by atoms with Crippen molar-refractivity contribution in [3.8, 4) is 11.8 Å². The number of carbonyl (C=O) groups is 1. The molecule has 2 aromatic carbocycles. The van der Waals surface area contributed by atoms with E-state index in [0.29, 0.717) is 29.5 Å². The van der Waals surface area contributed by atoms with Gasteiger partial charge in [0.1, 0.15) is 11.3 Å². The number of aryl methyl sites for hydroxylation is 1. The Labute approximate surface area is 195 Å². The highest BCUT2D eigenvalue weighted by atomic mass is 32.1. The van der Waals surface area contributed by atoms with Crippen molar-refractivity contribution in [3.05, 3.63) is 59.2 Å². The second kappa shape index (κ2) is 10.1. The summed E-state index contributed by atoms with van der Waals surface area (Å²) in [5.41, 5.74) is 2.59. The molecule has 3 rings (SSSR count). The van der Waals surface area contributed by atoms with Gasteiger partial charge in [-0.25, -0.2) is 0 Å². The lowest BCUT2D eigenvalue weighted by atomic mass is 10.0. The van der Waals surface area contributed by atoms with Crippen molar-refractivity contribution >= 4 is 28.9 Å². The number of thiocarbonyl (C=S) groups is 1. The number of nitriles is 1. The highest BCUT2D eigenvalue weighted by Crippen LogP contribution is 2.33. The summed E-state index contributed by atoms with van der Waals surface area (Å²) in [6.45, 7) is 10.7. The van der Waals surface area contributed by atoms with Crippen LogP contribution >= 0.6 is 12.2 Å². The summed E-state index contributed by atoms with van der Waals surface area (Å²) < 4.78 is 5.89. The zero-order chi connectivity index (χ0) is 23.3. The Bertz CT molecular complexity index is 1030. The van der Waals surface area contributed by atoms with Crippen LogP contribution in [0.2, 0.25) is 0 Å². The third-order valence-electron chi connectivity index (χ3n) is 5.71. The lowest BCUT2D eigenvalue weighted by Crippen LogP contribution is -2.44.